The molecule has 766 valence electrons. The number of hydrogen-bond donors (Lipinski definition) is 7. The fourth-order valence-electron chi connectivity index (χ4n) is 19.1. The predicted molar refractivity (Wildman–Crippen MR) is 558 cm³/mol. The summed E-state index contributed by atoms with van der Waals surface area (Å²) in [6.07, 6.45) is 15.3. The van der Waals surface area contributed by atoms with Crippen molar-refractivity contribution in [3.63, 3.8) is 0 Å². The van der Waals surface area contributed by atoms with Gasteiger partial charge in [0.2, 0.25) is 0 Å². The van der Waals surface area contributed by atoms with Crippen molar-refractivity contribution in [2.45, 2.75) is 210 Å². The van der Waals surface area contributed by atoms with Gasteiger partial charge in [-0.2, -0.15) is 25.3 Å². The quantitative estimate of drug-likeness (QED) is 0.0313. The van der Waals surface area contributed by atoms with E-state index in [9.17, 15) is 62.4 Å². The largest absolute Gasteiger partial charge is 0.491 e. The van der Waals surface area contributed by atoms with Gasteiger partial charge in [-0.1, -0.05) is 76.1 Å². The predicted octanol–water partition coefficient (Wildman–Crippen LogP) is 15.1. The van der Waals surface area contributed by atoms with Crippen molar-refractivity contribution in [3.05, 3.63) is 256 Å². The molecule has 145 heavy (non-hydrogen) atoms. The van der Waals surface area contributed by atoms with Gasteiger partial charge in [-0.05, 0) is 289 Å². The van der Waals surface area contributed by atoms with Gasteiger partial charge in [-0.25, -0.2) is 67.0 Å². The maximum atomic E-state index is 13.3. The number of nitrogen functional groups attached to an aromatic ring is 1. The number of nitrogens with two attached hydrogens (primary N) is 1. The number of hydrogen-bond acceptors (Lipinski definition) is 31. The minimum atomic E-state index is -4.40. The van der Waals surface area contributed by atoms with E-state index in [0.717, 1.165) is 105 Å². The van der Waals surface area contributed by atoms with E-state index in [4.69, 9.17) is 20.2 Å². The molecule has 0 spiro atoms. The summed E-state index contributed by atoms with van der Waals surface area (Å²) in [6.45, 7) is 35.0. The van der Waals surface area contributed by atoms with Gasteiger partial charge < -0.3 is 54.9 Å². The Balaban J connectivity index is 0.000000153. The molecule has 4 atom stereocenters. The molecule has 0 bridgehead atoms. The van der Waals surface area contributed by atoms with Crippen molar-refractivity contribution in [1.82, 2.24) is 63.7 Å². The maximum absolute atomic E-state index is 13.3. The first-order chi connectivity index (χ1) is 68.5. The normalized spacial score (nSPS) is 18.0. The SMILES string of the molecule is CC(C)Oc1ccc(-c2ccc(C(=O)NS(=O)(=O)c3ccc[nH]c3=O)c(N3C[C@@H](C)CC3(C)C)n2)cc1.CC1CN(c2ncccc2C(=O)NS(=O)(=O)c2cccc(N3CCN(C(=O)OC(C)(C)C)CC3)n2)C(C)(C)C1.CC1CN(c2ncccc2C(=O)NS(=O)(=O)c2cccc(Nc3ccc4c(c3)CC=N4)n2)C(C)(C)C1.Cc1ccccc1C1CCCCCN1c1ncccc1C(=O)NS(=O)(=O)c1cccc(N)n1. The third kappa shape index (κ3) is 26.1. The monoisotopic (exact) mass is 2050 g/mol. The molecule has 5 fully saturated rings. The van der Waals surface area contributed by atoms with Crippen LogP contribution in [0.4, 0.5) is 56.9 Å². The van der Waals surface area contributed by atoms with E-state index in [-0.39, 0.29) is 78.0 Å². The van der Waals surface area contributed by atoms with Crippen LogP contribution in [0.1, 0.15) is 206 Å². The number of benzene rings is 3. The highest BCUT2D eigenvalue weighted by atomic mass is 32.2. The number of carbonyl (C=O) groups excluding carboxylic acids is 5. The highest BCUT2D eigenvalue weighted by Gasteiger charge is 2.44. The van der Waals surface area contributed by atoms with Gasteiger partial charge >= 0.3 is 6.09 Å². The van der Waals surface area contributed by atoms with Crippen LogP contribution in [0.5, 0.6) is 5.75 Å². The number of aliphatic imine (C=N–C) groups is 1. The maximum Gasteiger partial charge on any atom is 0.410 e. The van der Waals surface area contributed by atoms with Crippen LogP contribution in [0.25, 0.3) is 11.3 Å². The molecule has 6 aliphatic heterocycles. The number of amides is 5. The van der Waals surface area contributed by atoms with E-state index < -0.39 is 79.8 Å². The van der Waals surface area contributed by atoms with Crippen molar-refractivity contribution in [3.8, 4) is 17.0 Å². The molecular formula is C104H125N21O16S4. The Hall–Kier alpha value is -14.3. The summed E-state index contributed by atoms with van der Waals surface area (Å²) >= 11 is 0. The van der Waals surface area contributed by atoms with Gasteiger partial charge in [0.15, 0.2) is 20.0 Å². The molecule has 6 aliphatic rings. The second-order valence-electron chi connectivity index (χ2n) is 40.1. The summed E-state index contributed by atoms with van der Waals surface area (Å²) in [6, 6.07) is 50.4. The van der Waals surface area contributed by atoms with Gasteiger partial charge in [-0.3, -0.25) is 29.0 Å². The molecule has 3 unspecified atom stereocenters. The molecule has 14 heterocycles. The molecule has 5 saturated heterocycles. The minimum absolute atomic E-state index is 0.0438. The number of aryl methyl sites for hydroxylation is 1. The van der Waals surface area contributed by atoms with Crippen molar-refractivity contribution >= 4 is 128 Å². The van der Waals surface area contributed by atoms with Crippen LogP contribution < -0.4 is 64.7 Å². The van der Waals surface area contributed by atoms with E-state index in [0.29, 0.717) is 91.1 Å². The van der Waals surface area contributed by atoms with E-state index >= 15 is 0 Å². The highest BCUT2D eigenvalue weighted by molar-refractivity contribution is 7.91. The molecule has 0 radical (unpaired) electrons. The van der Waals surface area contributed by atoms with Crippen molar-refractivity contribution in [2.24, 2.45) is 22.7 Å². The van der Waals surface area contributed by atoms with E-state index in [1.54, 1.807) is 96.3 Å². The first-order valence-corrected chi connectivity index (χ1v) is 54.0. The molecule has 0 aliphatic carbocycles. The number of ether oxygens (including phenoxy) is 2. The standard InChI is InChI=1S/C27H38N6O5S.C27H32N4O5S.C26H28N6O3S.C24H27N5O3S/c1-19-17-27(5,6)33(18-19)23-20(9-8-12-28-23)24(34)30-39(36,37)22-11-7-10-21(29-22)31-13-15-32(16-14-31)25(35)38-26(2,3)4;1-17(2)36-20-10-8-19(9-11-20)22-13-12-21(24(29-22)31-16-18(3)15-27(31,4)5)25(32)30-37(34,35)23-7-6-14-28-26(23)33;1-17-15-26(2,3)32(16-17)24-20(6-5-12-28-24)25(33)31-36(34,35)23-8-4-7-22(30-23)29-19-9-10-21-18(14-19)11-13-27-21;1-17-9-4-5-10-18(17)20-12-3-2-6-16-29(20)23-19(11-8-15-26-23)24(30)28-33(31,32)22-14-7-13-21(25)27-22/h7-12,19H,13-18H2,1-6H3,(H,30,34);6-14,17-18H,15-16H2,1-5H3,(H,28,33)(H,30,32);4-10,12-14,17H,11,15-16H2,1-3H3,(H,29,30)(H,31,33);4-5,7-11,13-15,20H,2-3,6,12,16H2,1H3,(H2,25,27)(H,28,30)/t;18-;;/m.0../s1. The average molecular weight is 2050 g/mol. The number of nitrogens with one attached hydrogen (secondary N) is 6. The number of pyridine rings is 8. The lowest BCUT2D eigenvalue weighted by Gasteiger charge is -2.36. The van der Waals surface area contributed by atoms with Gasteiger partial charge in [0.1, 0.15) is 52.1 Å². The molecule has 5 amide bonds. The minimum Gasteiger partial charge on any atom is -0.491 e. The lowest BCUT2D eigenvalue weighted by atomic mass is 9.96. The zero-order valence-corrected chi connectivity index (χ0v) is 87.2. The Kier molecular flexibility index (Phi) is 32.4. The number of carbonyl (C=O) groups is 5. The molecular weight excluding hydrogens is 1930 g/mol. The van der Waals surface area contributed by atoms with Gasteiger partial charge in [-0.15, -0.1) is 0 Å². The number of rotatable bonds is 23. The Labute approximate surface area is 846 Å². The molecule has 8 N–H and O–H groups in total. The number of sulfonamides is 4. The zero-order chi connectivity index (χ0) is 104. The summed E-state index contributed by atoms with van der Waals surface area (Å²) in [4.78, 5) is 126. The number of piperazine rings is 1. The molecule has 37 nitrogen and oxygen atoms in total. The number of nitrogens with zero attached hydrogens (tertiary/aromatic N) is 14. The van der Waals surface area contributed by atoms with E-state index in [2.05, 4.69) is 155 Å². The van der Waals surface area contributed by atoms with Crippen LogP contribution in [0.15, 0.2) is 237 Å². The van der Waals surface area contributed by atoms with Gasteiger partial charge in [0, 0.05) is 118 Å². The molecule has 8 aromatic heterocycles. The Bertz CT molecular complexity index is 7220. The van der Waals surface area contributed by atoms with Crippen LogP contribution in [0, 0.1) is 24.7 Å². The summed E-state index contributed by atoms with van der Waals surface area (Å²) in [7, 11) is -17.1. The fraction of sp³-hybridized carbons (Fsp3) is 0.385. The first-order valence-electron chi connectivity index (χ1n) is 48.1. The lowest BCUT2D eigenvalue weighted by Crippen LogP contribution is -2.50. The fourth-order valence-corrected chi connectivity index (χ4v) is 23.0. The lowest BCUT2D eigenvalue weighted by molar-refractivity contribution is 0.0239. The second-order valence-corrected chi connectivity index (χ2v) is 46.7. The number of fused-ring (bicyclic) bond motifs is 1. The zero-order valence-electron chi connectivity index (χ0n) is 83.9. The summed E-state index contributed by atoms with van der Waals surface area (Å²) in [5.74, 6) is 1.49. The highest BCUT2D eigenvalue weighted by Crippen LogP contribution is 2.43. The number of aromatic nitrogens is 8. The van der Waals surface area contributed by atoms with Crippen LogP contribution in [-0.4, -0.2) is 195 Å². The van der Waals surface area contributed by atoms with E-state index in [1.165, 1.54) is 53.7 Å². The van der Waals surface area contributed by atoms with Crippen molar-refractivity contribution in [2.75, 3.05) is 87.9 Å². The van der Waals surface area contributed by atoms with Crippen molar-refractivity contribution in [1.29, 1.82) is 0 Å². The molecule has 17 rings (SSSR count). The molecule has 41 heteroatoms. The Morgan fingerprint density at radius 3 is 1.55 bits per heavy atom. The summed E-state index contributed by atoms with van der Waals surface area (Å²) in [5, 5.41) is 2.30. The third-order valence-corrected chi connectivity index (χ3v) is 30.5. The summed E-state index contributed by atoms with van der Waals surface area (Å²) in [5.41, 5.74) is 10.8. The van der Waals surface area contributed by atoms with E-state index in [1.807, 2.05) is 110 Å². The van der Waals surface area contributed by atoms with Gasteiger partial charge in [0.05, 0.1) is 45.8 Å². The summed E-state index contributed by atoms with van der Waals surface area (Å²) < 4.78 is 124. The first kappa shape index (κ1) is 106. The molecule has 0 saturated carbocycles. The Morgan fingerprint density at radius 1 is 0.510 bits per heavy atom. The molecule has 11 aromatic rings. The Morgan fingerprint density at radius 2 is 1.02 bits per heavy atom. The third-order valence-electron chi connectivity index (χ3n) is 25.4. The molecule has 3 aromatic carbocycles. The average Bonchev–Trinajstić information content (AvgIpc) is 1.73. The van der Waals surface area contributed by atoms with Crippen LogP contribution in [-0.2, 0) is 51.3 Å². The van der Waals surface area contributed by atoms with Gasteiger partial charge in [0.25, 0.3) is 69.3 Å². The topological polar surface area (TPSA) is 481 Å². The van der Waals surface area contributed by atoms with Crippen LogP contribution in [0.3, 0.4) is 0 Å². The van der Waals surface area contributed by atoms with Crippen LogP contribution >= 0.6 is 0 Å². The smallest absolute Gasteiger partial charge is 0.410 e. The van der Waals surface area contributed by atoms with Crippen LogP contribution in [0.2, 0.25) is 0 Å². The number of H-pyrrole nitrogens is 1. The second kappa shape index (κ2) is 44.1. The van der Waals surface area contributed by atoms with Crippen molar-refractivity contribution < 1.29 is 67.1 Å². The number of aromatic amines is 1. The number of anilines is 8.